The second-order valence-electron chi connectivity index (χ2n) is 9.13. The third kappa shape index (κ3) is 6.42. The van der Waals surface area contributed by atoms with E-state index in [1.54, 1.807) is 0 Å². The van der Waals surface area contributed by atoms with Gasteiger partial charge in [0.05, 0.1) is 0 Å². The monoisotopic (exact) mass is 425 g/mol. The minimum absolute atomic E-state index is 0.529. The van der Waals surface area contributed by atoms with Crippen LogP contribution in [0.15, 0.2) is 29.4 Å². The number of fused-ring (bicyclic) bond motifs is 1. The van der Waals surface area contributed by atoms with E-state index >= 15 is 0 Å². The lowest BCUT2D eigenvalue weighted by Crippen LogP contribution is -2.49. The molecule has 0 bridgehead atoms. The number of nitrogens with zero attached hydrogens (tertiary/aromatic N) is 5. The van der Waals surface area contributed by atoms with E-state index in [0.717, 1.165) is 49.3 Å². The summed E-state index contributed by atoms with van der Waals surface area (Å²) in [6.45, 7) is 7.56. The van der Waals surface area contributed by atoms with Crippen LogP contribution >= 0.6 is 0 Å². The molecule has 2 aromatic rings. The number of aromatic nitrogens is 3. The number of rotatable bonds is 8. The Morgan fingerprint density at radius 3 is 2.74 bits per heavy atom. The van der Waals surface area contributed by atoms with E-state index in [4.69, 9.17) is 4.99 Å². The lowest BCUT2D eigenvalue weighted by molar-refractivity contribution is 0.160. The molecular formula is C24H39N7. The summed E-state index contributed by atoms with van der Waals surface area (Å²) in [5, 5.41) is 15.7. The van der Waals surface area contributed by atoms with E-state index < -0.39 is 0 Å². The van der Waals surface area contributed by atoms with Crippen molar-refractivity contribution >= 4 is 11.6 Å². The van der Waals surface area contributed by atoms with Crippen LogP contribution in [0.2, 0.25) is 0 Å². The number of aryl methyl sites for hydroxylation is 1. The van der Waals surface area contributed by atoms with Crippen LogP contribution in [0.4, 0.5) is 0 Å². The van der Waals surface area contributed by atoms with Crippen LogP contribution < -0.4 is 10.6 Å². The van der Waals surface area contributed by atoms with Crippen molar-refractivity contribution in [1.29, 1.82) is 0 Å². The second kappa shape index (κ2) is 11.5. The summed E-state index contributed by atoms with van der Waals surface area (Å²) in [5.74, 6) is 2.91. The molecule has 1 aliphatic carbocycles. The van der Waals surface area contributed by atoms with Crippen molar-refractivity contribution in [2.75, 3.05) is 32.7 Å². The number of hydrogen-bond donors (Lipinski definition) is 2. The first-order valence-corrected chi connectivity index (χ1v) is 12.4. The van der Waals surface area contributed by atoms with E-state index in [2.05, 4.69) is 37.1 Å². The van der Waals surface area contributed by atoms with Gasteiger partial charge in [-0.25, -0.2) is 0 Å². The highest BCUT2D eigenvalue weighted by molar-refractivity contribution is 5.80. The molecule has 31 heavy (non-hydrogen) atoms. The molecule has 1 aliphatic heterocycles. The molecule has 2 fully saturated rings. The predicted molar refractivity (Wildman–Crippen MR) is 126 cm³/mol. The molecule has 2 N–H and O–H groups in total. The summed E-state index contributed by atoms with van der Waals surface area (Å²) in [6.07, 6.45) is 13.5. The Balaban J connectivity index is 1.20. The van der Waals surface area contributed by atoms with Gasteiger partial charge < -0.3 is 15.5 Å². The summed E-state index contributed by atoms with van der Waals surface area (Å²) >= 11 is 0. The van der Waals surface area contributed by atoms with Crippen molar-refractivity contribution in [3.63, 3.8) is 0 Å². The molecule has 1 saturated heterocycles. The van der Waals surface area contributed by atoms with Gasteiger partial charge in [-0.1, -0.05) is 25.3 Å². The SMILES string of the molecule is CCNC(=NCCCc1nnc2ccccn12)NC1CCN(CC2CCCCC2)CC1. The molecule has 7 nitrogen and oxygen atoms in total. The van der Waals surface area contributed by atoms with Gasteiger partial charge in [0.15, 0.2) is 11.6 Å². The summed E-state index contributed by atoms with van der Waals surface area (Å²) in [6, 6.07) is 6.53. The summed E-state index contributed by atoms with van der Waals surface area (Å²) in [5.41, 5.74) is 0.908. The smallest absolute Gasteiger partial charge is 0.191 e. The molecule has 7 heteroatoms. The number of nitrogens with one attached hydrogen (secondary N) is 2. The molecule has 170 valence electrons. The van der Waals surface area contributed by atoms with E-state index in [9.17, 15) is 0 Å². The minimum Gasteiger partial charge on any atom is -0.357 e. The Bertz CT molecular complexity index is 816. The molecule has 0 unspecified atom stereocenters. The zero-order chi connectivity index (χ0) is 21.3. The predicted octanol–water partition coefficient (Wildman–Crippen LogP) is 3.26. The van der Waals surface area contributed by atoms with Crippen LogP contribution in [0.1, 0.15) is 64.1 Å². The van der Waals surface area contributed by atoms with Gasteiger partial charge >= 0.3 is 0 Å². The molecule has 0 spiro atoms. The highest BCUT2D eigenvalue weighted by Gasteiger charge is 2.23. The minimum atomic E-state index is 0.529. The molecular weight excluding hydrogens is 386 g/mol. The lowest BCUT2D eigenvalue weighted by atomic mass is 9.88. The van der Waals surface area contributed by atoms with Crippen LogP contribution in [0.5, 0.6) is 0 Å². The number of hydrogen-bond acceptors (Lipinski definition) is 4. The van der Waals surface area contributed by atoms with Crippen molar-refractivity contribution in [2.24, 2.45) is 10.9 Å². The number of aliphatic imine (C=N–C) groups is 1. The van der Waals surface area contributed by atoms with E-state index in [1.165, 1.54) is 64.6 Å². The maximum Gasteiger partial charge on any atom is 0.191 e. The Hall–Kier alpha value is -2.15. The Kier molecular flexibility index (Phi) is 8.16. The topological polar surface area (TPSA) is 69.8 Å². The normalized spacial score (nSPS) is 19.7. The molecule has 1 saturated carbocycles. The maximum atomic E-state index is 4.82. The standard InChI is InChI=1S/C24H39N7/c1-2-25-24(26-15-8-12-23-29-28-22-11-6-7-16-31(22)23)27-21-13-17-30(18-14-21)19-20-9-4-3-5-10-20/h6-7,11,16,20-21H,2-5,8-10,12-15,17-19H2,1H3,(H2,25,26,27). The average molecular weight is 426 g/mol. The van der Waals surface area contributed by atoms with Crippen molar-refractivity contribution in [2.45, 2.75) is 70.8 Å². The highest BCUT2D eigenvalue weighted by Crippen LogP contribution is 2.25. The number of likely N-dealkylation sites (tertiary alicyclic amines) is 1. The zero-order valence-corrected chi connectivity index (χ0v) is 19.1. The van der Waals surface area contributed by atoms with Crippen molar-refractivity contribution in [3.05, 3.63) is 30.2 Å². The number of pyridine rings is 1. The zero-order valence-electron chi connectivity index (χ0n) is 19.1. The first-order valence-electron chi connectivity index (χ1n) is 12.4. The first-order chi connectivity index (χ1) is 15.3. The third-order valence-corrected chi connectivity index (χ3v) is 6.73. The summed E-state index contributed by atoms with van der Waals surface area (Å²) < 4.78 is 2.06. The molecule has 3 heterocycles. The quantitative estimate of drug-likeness (QED) is 0.386. The largest absolute Gasteiger partial charge is 0.357 e. The number of guanidine groups is 1. The highest BCUT2D eigenvalue weighted by atomic mass is 15.2. The first kappa shape index (κ1) is 22.1. The van der Waals surface area contributed by atoms with Crippen LogP contribution in [-0.4, -0.2) is 64.2 Å². The van der Waals surface area contributed by atoms with Crippen molar-refractivity contribution < 1.29 is 0 Å². The van der Waals surface area contributed by atoms with Gasteiger partial charge in [0.25, 0.3) is 0 Å². The van der Waals surface area contributed by atoms with Gasteiger partial charge in [-0.05, 0) is 57.1 Å². The van der Waals surface area contributed by atoms with Crippen molar-refractivity contribution in [1.82, 2.24) is 30.1 Å². The molecule has 0 atom stereocenters. The second-order valence-corrected chi connectivity index (χ2v) is 9.13. The summed E-state index contributed by atoms with van der Waals surface area (Å²) in [4.78, 5) is 7.52. The molecule has 2 aliphatic rings. The van der Waals surface area contributed by atoms with Crippen LogP contribution in [-0.2, 0) is 6.42 Å². The van der Waals surface area contributed by atoms with E-state index in [1.807, 2.05) is 24.4 Å². The van der Waals surface area contributed by atoms with E-state index in [0.29, 0.717) is 6.04 Å². The lowest BCUT2D eigenvalue weighted by Gasteiger charge is -2.36. The van der Waals surface area contributed by atoms with Gasteiger partial charge in [-0.3, -0.25) is 9.39 Å². The summed E-state index contributed by atoms with van der Waals surface area (Å²) in [7, 11) is 0. The maximum absolute atomic E-state index is 4.82. The van der Waals surface area contributed by atoms with Crippen molar-refractivity contribution in [3.8, 4) is 0 Å². The Morgan fingerprint density at radius 1 is 1.10 bits per heavy atom. The Labute approximate surface area is 186 Å². The fourth-order valence-electron chi connectivity index (χ4n) is 5.00. The van der Waals surface area contributed by atoms with Gasteiger partial charge in [0, 0.05) is 51.4 Å². The number of piperidine rings is 1. The molecule has 0 radical (unpaired) electrons. The molecule has 4 rings (SSSR count). The molecule has 0 amide bonds. The fourth-order valence-corrected chi connectivity index (χ4v) is 5.00. The van der Waals surface area contributed by atoms with Crippen LogP contribution in [0.25, 0.3) is 5.65 Å². The Morgan fingerprint density at radius 2 is 1.94 bits per heavy atom. The van der Waals surface area contributed by atoms with Gasteiger partial charge in [0.2, 0.25) is 0 Å². The van der Waals surface area contributed by atoms with Gasteiger partial charge in [-0.15, -0.1) is 10.2 Å². The van der Waals surface area contributed by atoms with Crippen LogP contribution in [0.3, 0.4) is 0 Å². The average Bonchev–Trinajstić information content (AvgIpc) is 3.22. The van der Waals surface area contributed by atoms with E-state index in [-0.39, 0.29) is 0 Å². The van der Waals surface area contributed by atoms with Gasteiger partial charge in [0.1, 0.15) is 5.82 Å². The molecule has 0 aromatic carbocycles. The fraction of sp³-hybridized carbons (Fsp3) is 0.708. The molecule has 2 aromatic heterocycles. The van der Waals surface area contributed by atoms with Gasteiger partial charge in [-0.2, -0.15) is 0 Å². The van der Waals surface area contributed by atoms with Crippen LogP contribution in [0, 0.1) is 5.92 Å². The third-order valence-electron chi connectivity index (χ3n) is 6.73.